The molecule has 0 bridgehead atoms. The van der Waals surface area contributed by atoms with E-state index in [1.54, 1.807) is 19.4 Å². The van der Waals surface area contributed by atoms with E-state index in [0.29, 0.717) is 11.8 Å². The molecule has 92 valence electrons. The molecule has 1 aromatic rings. The number of amides is 1. The number of carbonyl (C=O) groups is 1. The number of primary amides is 1. The van der Waals surface area contributed by atoms with E-state index in [1.165, 1.54) is 0 Å². The average Bonchev–Trinajstić information content (AvgIpc) is 2.39. The van der Waals surface area contributed by atoms with E-state index >= 15 is 0 Å². The maximum absolute atomic E-state index is 11.1. The Balaban J connectivity index is 2.02. The van der Waals surface area contributed by atoms with Crippen LogP contribution in [0, 0.1) is 5.92 Å². The van der Waals surface area contributed by atoms with Gasteiger partial charge in [0.15, 0.2) is 0 Å². The Morgan fingerprint density at radius 3 is 2.82 bits per heavy atom. The molecule has 2 N–H and O–H groups in total. The van der Waals surface area contributed by atoms with Crippen LogP contribution in [-0.4, -0.2) is 36.1 Å². The predicted molar refractivity (Wildman–Crippen MR) is 62.7 cm³/mol. The Labute approximate surface area is 99.8 Å². The standard InChI is InChI=1S/C11H16N4O2/c1-17-9-2-5-13-11(14-9)15-6-3-8(4-7-15)10(12)16/h2,5,8H,3-4,6-7H2,1H3,(H2,12,16). The van der Waals surface area contributed by atoms with Gasteiger partial charge in [-0.05, 0) is 12.8 Å². The molecule has 1 aromatic heterocycles. The molecule has 0 atom stereocenters. The number of rotatable bonds is 3. The summed E-state index contributed by atoms with van der Waals surface area (Å²) < 4.78 is 5.05. The first kappa shape index (κ1) is 11.6. The average molecular weight is 236 g/mol. The third-order valence-electron chi connectivity index (χ3n) is 3.01. The normalized spacial score (nSPS) is 16.9. The SMILES string of the molecule is COc1ccnc(N2CCC(C(N)=O)CC2)n1. The van der Waals surface area contributed by atoms with Crippen LogP contribution in [0.1, 0.15) is 12.8 Å². The van der Waals surface area contributed by atoms with Gasteiger partial charge in [-0.3, -0.25) is 4.79 Å². The third-order valence-corrected chi connectivity index (χ3v) is 3.01. The number of hydrogen-bond donors (Lipinski definition) is 1. The first-order valence-corrected chi connectivity index (χ1v) is 5.62. The highest BCUT2D eigenvalue weighted by atomic mass is 16.5. The molecule has 6 nitrogen and oxygen atoms in total. The second kappa shape index (κ2) is 4.99. The van der Waals surface area contributed by atoms with Crippen molar-refractivity contribution in [2.24, 2.45) is 11.7 Å². The lowest BCUT2D eigenvalue weighted by Crippen LogP contribution is -2.39. The van der Waals surface area contributed by atoms with E-state index in [4.69, 9.17) is 10.5 Å². The van der Waals surface area contributed by atoms with Crippen LogP contribution in [0.3, 0.4) is 0 Å². The van der Waals surface area contributed by atoms with Crippen molar-refractivity contribution in [1.82, 2.24) is 9.97 Å². The van der Waals surface area contributed by atoms with Gasteiger partial charge in [0, 0.05) is 31.3 Å². The number of carbonyl (C=O) groups excluding carboxylic acids is 1. The van der Waals surface area contributed by atoms with Gasteiger partial charge in [-0.1, -0.05) is 0 Å². The Morgan fingerprint density at radius 2 is 2.24 bits per heavy atom. The molecule has 2 rings (SSSR count). The lowest BCUT2D eigenvalue weighted by molar-refractivity contribution is -0.122. The number of piperidine rings is 1. The van der Waals surface area contributed by atoms with E-state index in [-0.39, 0.29) is 11.8 Å². The third kappa shape index (κ3) is 2.64. The van der Waals surface area contributed by atoms with Crippen LogP contribution in [0.5, 0.6) is 5.88 Å². The van der Waals surface area contributed by atoms with Crippen LogP contribution in [0.25, 0.3) is 0 Å². The number of aromatic nitrogens is 2. The summed E-state index contributed by atoms with van der Waals surface area (Å²) in [7, 11) is 1.57. The summed E-state index contributed by atoms with van der Waals surface area (Å²) in [4.78, 5) is 21.6. The van der Waals surface area contributed by atoms with Gasteiger partial charge in [-0.15, -0.1) is 0 Å². The second-order valence-electron chi connectivity index (χ2n) is 4.06. The lowest BCUT2D eigenvalue weighted by atomic mass is 9.96. The van der Waals surface area contributed by atoms with Crippen LogP contribution < -0.4 is 15.4 Å². The number of nitrogens with zero attached hydrogens (tertiary/aromatic N) is 3. The van der Waals surface area contributed by atoms with Gasteiger partial charge in [-0.25, -0.2) is 4.98 Å². The van der Waals surface area contributed by atoms with Gasteiger partial charge >= 0.3 is 0 Å². The molecule has 0 aliphatic carbocycles. The Kier molecular flexibility index (Phi) is 3.41. The van der Waals surface area contributed by atoms with Crippen molar-refractivity contribution in [1.29, 1.82) is 0 Å². The maximum Gasteiger partial charge on any atom is 0.228 e. The summed E-state index contributed by atoms with van der Waals surface area (Å²) in [5.41, 5.74) is 5.29. The molecular formula is C11H16N4O2. The molecule has 1 saturated heterocycles. The molecule has 1 aliphatic rings. The fraction of sp³-hybridized carbons (Fsp3) is 0.545. The molecule has 1 aliphatic heterocycles. The Morgan fingerprint density at radius 1 is 1.53 bits per heavy atom. The number of nitrogens with two attached hydrogens (primary N) is 1. The predicted octanol–water partition coefficient (Wildman–Crippen LogP) is 0.187. The first-order chi connectivity index (χ1) is 8.20. The summed E-state index contributed by atoms with van der Waals surface area (Å²) in [5.74, 6) is 0.965. The molecule has 6 heteroatoms. The van der Waals surface area contributed by atoms with E-state index in [9.17, 15) is 4.79 Å². The van der Waals surface area contributed by atoms with Gasteiger partial charge in [-0.2, -0.15) is 4.98 Å². The molecule has 0 aromatic carbocycles. The van der Waals surface area contributed by atoms with E-state index < -0.39 is 0 Å². The van der Waals surface area contributed by atoms with Crippen molar-refractivity contribution in [2.75, 3.05) is 25.1 Å². The fourth-order valence-corrected chi connectivity index (χ4v) is 1.96. The van der Waals surface area contributed by atoms with Gasteiger partial charge in [0.25, 0.3) is 0 Å². The molecule has 17 heavy (non-hydrogen) atoms. The zero-order chi connectivity index (χ0) is 12.3. The Bertz CT molecular complexity index is 402. The summed E-state index contributed by atoms with van der Waals surface area (Å²) >= 11 is 0. The van der Waals surface area contributed by atoms with Crippen LogP contribution in [-0.2, 0) is 4.79 Å². The van der Waals surface area contributed by atoms with Gasteiger partial charge in [0.2, 0.25) is 17.7 Å². The van der Waals surface area contributed by atoms with Crippen molar-refractivity contribution < 1.29 is 9.53 Å². The molecule has 0 saturated carbocycles. The number of anilines is 1. The van der Waals surface area contributed by atoms with Crippen molar-refractivity contribution in [3.63, 3.8) is 0 Å². The van der Waals surface area contributed by atoms with Crippen LogP contribution in [0.2, 0.25) is 0 Å². The molecule has 0 spiro atoms. The minimum absolute atomic E-state index is 0.0168. The van der Waals surface area contributed by atoms with E-state index in [0.717, 1.165) is 25.9 Å². The van der Waals surface area contributed by atoms with E-state index in [2.05, 4.69) is 9.97 Å². The zero-order valence-corrected chi connectivity index (χ0v) is 9.80. The quantitative estimate of drug-likeness (QED) is 0.810. The summed E-state index contributed by atoms with van der Waals surface area (Å²) in [5, 5.41) is 0. The maximum atomic E-state index is 11.1. The summed E-state index contributed by atoms with van der Waals surface area (Å²) in [6, 6.07) is 1.71. The van der Waals surface area contributed by atoms with Crippen LogP contribution >= 0.6 is 0 Å². The van der Waals surface area contributed by atoms with Crippen molar-refractivity contribution >= 4 is 11.9 Å². The van der Waals surface area contributed by atoms with Crippen LogP contribution in [0.15, 0.2) is 12.3 Å². The van der Waals surface area contributed by atoms with Crippen molar-refractivity contribution in [2.45, 2.75) is 12.8 Å². The molecule has 2 heterocycles. The lowest BCUT2D eigenvalue weighted by Gasteiger charge is -2.30. The smallest absolute Gasteiger partial charge is 0.228 e. The molecule has 1 amide bonds. The van der Waals surface area contributed by atoms with Gasteiger partial charge < -0.3 is 15.4 Å². The summed E-state index contributed by atoms with van der Waals surface area (Å²) in [6.07, 6.45) is 3.19. The van der Waals surface area contributed by atoms with E-state index in [1.807, 2.05) is 4.90 Å². The van der Waals surface area contributed by atoms with Crippen LogP contribution in [0.4, 0.5) is 5.95 Å². The minimum Gasteiger partial charge on any atom is -0.481 e. The molecule has 1 fully saturated rings. The summed E-state index contributed by atoms with van der Waals surface area (Å²) in [6.45, 7) is 1.50. The second-order valence-corrected chi connectivity index (χ2v) is 4.06. The number of ether oxygens (including phenoxy) is 1. The highest BCUT2D eigenvalue weighted by Gasteiger charge is 2.24. The Hall–Kier alpha value is -1.85. The minimum atomic E-state index is -0.212. The zero-order valence-electron chi connectivity index (χ0n) is 9.80. The van der Waals surface area contributed by atoms with Gasteiger partial charge in [0.05, 0.1) is 7.11 Å². The number of hydrogen-bond acceptors (Lipinski definition) is 5. The highest BCUT2D eigenvalue weighted by molar-refractivity contribution is 5.76. The van der Waals surface area contributed by atoms with Gasteiger partial charge in [0.1, 0.15) is 0 Å². The largest absolute Gasteiger partial charge is 0.481 e. The molecular weight excluding hydrogens is 220 g/mol. The molecule has 0 unspecified atom stereocenters. The fourth-order valence-electron chi connectivity index (χ4n) is 1.96. The monoisotopic (exact) mass is 236 g/mol. The highest BCUT2D eigenvalue weighted by Crippen LogP contribution is 2.21. The van der Waals surface area contributed by atoms with Crippen molar-refractivity contribution in [3.05, 3.63) is 12.3 Å². The topological polar surface area (TPSA) is 81.3 Å². The molecule has 0 radical (unpaired) electrons. The van der Waals surface area contributed by atoms with Crippen molar-refractivity contribution in [3.8, 4) is 5.88 Å². The number of methoxy groups -OCH3 is 1. The first-order valence-electron chi connectivity index (χ1n) is 5.62.